The van der Waals surface area contributed by atoms with Crippen molar-refractivity contribution in [1.29, 1.82) is 0 Å². The first kappa shape index (κ1) is 22.0. The molecule has 32 heavy (non-hydrogen) atoms. The van der Waals surface area contributed by atoms with Crippen LogP contribution in [-0.2, 0) is 11.3 Å². The van der Waals surface area contributed by atoms with E-state index in [0.29, 0.717) is 17.8 Å². The average Bonchev–Trinajstić information content (AvgIpc) is 3.64. The van der Waals surface area contributed by atoms with Gasteiger partial charge >= 0.3 is 0 Å². The van der Waals surface area contributed by atoms with Crippen LogP contribution in [0.25, 0.3) is 0 Å². The fourth-order valence-corrected chi connectivity index (χ4v) is 4.25. The summed E-state index contributed by atoms with van der Waals surface area (Å²) in [5.41, 5.74) is 7.91. The molecule has 0 saturated heterocycles. The van der Waals surface area contributed by atoms with Crippen molar-refractivity contribution in [2.24, 2.45) is 11.7 Å². The van der Waals surface area contributed by atoms with Gasteiger partial charge in [0.15, 0.2) is 0 Å². The summed E-state index contributed by atoms with van der Waals surface area (Å²) in [7, 11) is 0. The highest BCUT2D eigenvalue weighted by Gasteiger charge is 2.37. The van der Waals surface area contributed by atoms with Crippen molar-refractivity contribution in [1.82, 2.24) is 4.90 Å². The fraction of sp³-hybridized carbons (Fsp3) is 0.417. The molecule has 2 aromatic rings. The van der Waals surface area contributed by atoms with Crippen LogP contribution in [0.15, 0.2) is 48.5 Å². The quantitative estimate of drug-likeness (QED) is 0.505. The number of hydrogen-bond donors (Lipinski definition) is 2. The summed E-state index contributed by atoms with van der Waals surface area (Å²) in [6.07, 6.45) is 5.65. The summed E-state index contributed by atoms with van der Waals surface area (Å²) in [5, 5.41) is 13.6. The number of benzene rings is 2. The molecule has 0 unspecified atom stereocenters. The standard InChI is InChI=1S/C24H28N4O4/c25-19-8-12-21(13-9-19)27(24(30)18-4-5-18)15-16-2-1-3-20(14-16)26-23(29)17-6-10-22(11-7-17)28(31)32/h1-3,6-7,10-11,14,18-19,21H,4-5,8-9,12-13,15,25H2,(H,26,29). The molecule has 8 heteroatoms. The van der Waals surface area contributed by atoms with Crippen LogP contribution in [0.4, 0.5) is 11.4 Å². The topological polar surface area (TPSA) is 119 Å². The Labute approximate surface area is 186 Å². The fourth-order valence-electron chi connectivity index (χ4n) is 4.25. The molecule has 2 aromatic carbocycles. The first-order valence-electron chi connectivity index (χ1n) is 11.1. The van der Waals surface area contributed by atoms with Crippen LogP contribution >= 0.6 is 0 Å². The highest BCUT2D eigenvalue weighted by atomic mass is 16.6. The maximum atomic E-state index is 13.0. The van der Waals surface area contributed by atoms with Crippen LogP contribution in [0, 0.1) is 16.0 Å². The van der Waals surface area contributed by atoms with Gasteiger partial charge in [0.25, 0.3) is 11.6 Å². The van der Waals surface area contributed by atoms with Crippen molar-refractivity contribution >= 4 is 23.2 Å². The molecule has 8 nitrogen and oxygen atoms in total. The van der Waals surface area contributed by atoms with Crippen LogP contribution in [0.3, 0.4) is 0 Å². The van der Waals surface area contributed by atoms with Crippen LogP contribution in [-0.4, -0.2) is 33.7 Å². The van der Waals surface area contributed by atoms with E-state index in [1.54, 1.807) is 6.07 Å². The zero-order valence-electron chi connectivity index (χ0n) is 17.9. The number of nitrogens with zero attached hydrogens (tertiary/aromatic N) is 2. The summed E-state index contributed by atoms with van der Waals surface area (Å²) in [5.74, 6) is 0.0330. The zero-order chi connectivity index (χ0) is 22.7. The molecule has 0 radical (unpaired) electrons. The van der Waals surface area contributed by atoms with Gasteiger partial charge in [-0.05, 0) is 68.4 Å². The minimum absolute atomic E-state index is 0.0624. The second-order valence-corrected chi connectivity index (χ2v) is 8.77. The monoisotopic (exact) mass is 436 g/mol. The Morgan fingerprint density at radius 1 is 1.03 bits per heavy atom. The lowest BCUT2D eigenvalue weighted by atomic mass is 9.90. The van der Waals surface area contributed by atoms with E-state index in [1.165, 1.54) is 24.3 Å². The van der Waals surface area contributed by atoms with Gasteiger partial charge < -0.3 is 16.0 Å². The van der Waals surface area contributed by atoms with Gasteiger partial charge in [0, 0.05) is 47.9 Å². The number of nitrogens with one attached hydrogen (secondary N) is 1. The van der Waals surface area contributed by atoms with Crippen molar-refractivity contribution in [3.05, 3.63) is 69.8 Å². The molecular weight excluding hydrogens is 408 g/mol. The second kappa shape index (κ2) is 9.48. The lowest BCUT2D eigenvalue weighted by molar-refractivity contribution is -0.384. The molecule has 0 aromatic heterocycles. The number of amides is 2. The van der Waals surface area contributed by atoms with E-state index >= 15 is 0 Å². The van der Waals surface area contributed by atoms with Crippen LogP contribution in [0.2, 0.25) is 0 Å². The Bertz CT molecular complexity index is 995. The molecule has 0 spiro atoms. The number of carbonyl (C=O) groups excluding carboxylic acids is 2. The Balaban J connectivity index is 1.45. The number of anilines is 1. The van der Waals surface area contributed by atoms with E-state index in [9.17, 15) is 19.7 Å². The normalized spacial score (nSPS) is 20.4. The predicted octanol–water partition coefficient (Wildman–Crippen LogP) is 3.86. The third-order valence-electron chi connectivity index (χ3n) is 6.27. The van der Waals surface area contributed by atoms with Gasteiger partial charge in [0.05, 0.1) is 4.92 Å². The number of rotatable bonds is 7. The van der Waals surface area contributed by atoms with Gasteiger partial charge in [0.1, 0.15) is 0 Å². The molecule has 2 fully saturated rings. The highest BCUT2D eigenvalue weighted by molar-refractivity contribution is 6.04. The van der Waals surface area contributed by atoms with E-state index in [-0.39, 0.29) is 35.5 Å². The van der Waals surface area contributed by atoms with Crippen molar-refractivity contribution in [2.45, 2.75) is 57.2 Å². The second-order valence-electron chi connectivity index (χ2n) is 8.77. The van der Waals surface area contributed by atoms with E-state index in [0.717, 1.165) is 44.1 Å². The van der Waals surface area contributed by atoms with Crippen molar-refractivity contribution in [3.8, 4) is 0 Å². The lowest BCUT2D eigenvalue weighted by Crippen LogP contribution is -2.44. The molecule has 2 aliphatic rings. The van der Waals surface area contributed by atoms with E-state index in [4.69, 9.17) is 5.73 Å². The van der Waals surface area contributed by atoms with Crippen LogP contribution < -0.4 is 11.1 Å². The third kappa shape index (κ3) is 5.31. The van der Waals surface area contributed by atoms with Gasteiger partial charge in [0.2, 0.25) is 5.91 Å². The first-order chi connectivity index (χ1) is 15.4. The number of nitro groups is 1. The summed E-state index contributed by atoms with van der Waals surface area (Å²) >= 11 is 0. The summed E-state index contributed by atoms with van der Waals surface area (Å²) in [4.78, 5) is 37.9. The maximum Gasteiger partial charge on any atom is 0.269 e. The number of carbonyl (C=O) groups is 2. The largest absolute Gasteiger partial charge is 0.335 e. The molecule has 4 rings (SSSR count). The molecule has 0 atom stereocenters. The zero-order valence-corrected chi connectivity index (χ0v) is 17.9. The number of nitro benzene ring substituents is 1. The van der Waals surface area contributed by atoms with Crippen molar-refractivity contribution < 1.29 is 14.5 Å². The van der Waals surface area contributed by atoms with E-state index < -0.39 is 4.92 Å². The van der Waals surface area contributed by atoms with Crippen molar-refractivity contribution in [2.75, 3.05) is 5.32 Å². The van der Waals surface area contributed by atoms with Crippen LogP contribution in [0.1, 0.15) is 54.4 Å². The summed E-state index contributed by atoms with van der Waals surface area (Å²) in [6, 6.07) is 13.4. The molecule has 168 valence electrons. The maximum absolute atomic E-state index is 13.0. The minimum atomic E-state index is -0.500. The van der Waals surface area contributed by atoms with Gasteiger partial charge in [-0.25, -0.2) is 0 Å². The van der Waals surface area contributed by atoms with E-state index in [2.05, 4.69) is 5.32 Å². The third-order valence-corrected chi connectivity index (χ3v) is 6.27. The van der Waals surface area contributed by atoms with Gasteiger partial charge in [-0.15, -0.1) is 0 Å². The Morgan fingerprint density at radius 3 is 2.34 bits per heavy atom. The van der Waals surface area contributed by atoms with Crippen molar-refractivity contribution in [3.63, 3.8) is 0 Å². The molecule has 2 saturated carbocycles. The van der Waals surface area contributed by atoms with Gasteiger partial charge in [-0.3, -0.25) is 19.7 Å². The molecule has 0 bridgehead atoms. The molecule has 0 heterocycles. The predicted molar refractivity (Wildman–Crippen MR) is 121 cm³/mol. The van der Waals surface area contributed by atoms with Gasteiger partial charge in [-0.2, -0.15) is 0 Å². The molecule has 2 amide bonds. The smallest absolute Gasteiger partial charge is 0.269 e. The molecular formula is C24H28N4O4. The average molecular weight is 437 g/mol. The summed E-state index contributed by atoms with van der Waals surface area (Å²) < 4.78 is 0. The minimum Gasteiger partial charge on any atom is -0.335 e. The Kier molecular flexibility index (Phi) is 6.50. The lowest BCUT2D eigenvalue weighted by Gasteiger charge is -2.36. The van der Waals surface area contributed by atoms with E-state index in [1.807, 2.05) is 23.1 Å². The number of non-ortho nitro benzene ring substituents is 1. The van der Waals surface area contributed by atoms with Crippen LogP contribution in [0.5, 0.6) is 0 Å². The summed E-state index contributed by atoms with van der Waals surface area (Å²) in [6.45, 7) is 0.510. The Morgan fingerprint density at radius 2 is 1.72 bits per heavy atom. The molecule has 3 N–H and O–H groups in total. The van der Waals surface area contributed by atoms with Gasteiger partial charge in [-0.1, -0.05) is 12.1 Å². The number of nitrogens with two attached hydrogens (primary N) is 1. The number of hydrogen-bond acceptors (Lipinski definition) is 5. The Hall–Kier alpha value is -3.26. The SMILES string of the molecule is NC1CCC(N(Cc2cccc(NC(=O)c3ccc([N+](=O)[O-])cc3)c2)C(=O)C2CC2)CC1. The highest BCUT2D eigenvalue weighted by Crippen LogP contribution is 2.34. The molecule has 0 aliphatic heterocycles. The first-order valence-corrected chi connectivity index (χ1v) is 11.1. The molecule has 2 aliphatic carbocycles.